The van der Waals surface area contributed by atoms with Gasteiger partial charge in [-0.15, -0.1) is 0 Å². The quantitative estimate of drug-likeness (QED) is 0.913. The van der Waals surface area contributed by atoms with Crippen molar-refractivity contribution in [2.75, 3.05) is 7.11 Å². The summed E-state index contributed by atoms with van der Waals surface area (Å²) in [5, 5.41) is 0.458. The van der Waals surface area contributed by atoms with Crippen molar-refractivity contribution in [1.29, 1.82) is 0 Å². The Labute approximate surface area is 116 Å². The highest BCUT2D eigenvalue weighted by Gasteiger charge is 2.21. The Balaban J connectivity index is 2.27. The van der Waals surface area contributed by atoms with Crippen molar-refractivity contribution < 1.29 is 4.74 Å². The smallest absolute Gasteiger partial charge is 0.329 e. The van der Waals surface area contributed by atoms with Crippen LogP contribution in [-0.2, 0) is 0 Å². The van der Waals surface area contributed by atoms with Crippen LogP contribution in [0, 0.1) is 0 Å². The standard InChI is InChI=1S/C15H18N2O3/c1-20-12-9-5-8-11-13(12)14(18)17(15(19)16-11)10-6-3-2-4-7-10/h5,8-10H,2-4,6-7H2,1H3,(H,16,19). The molecule has 0 radical (unpaired) electrons. The van der Waals surface area contributed by atoms with E-state index in [1.54, 1.807) is 18.2 Å². The molecule has 1 aliphatic carbocycles. The van der Waals surface area contributed by atoms with Crippen LogP contribution in [0.3, 0.4) is 0 Å². The van der Waals surface area contributed by atoms with Crippen molar-refractivity contribution in [2.45, 2.75) is 38.1 Å². The molecule has 106 valence electrons. The second-order valence-electron chi connectivity index (χ2n) is 5.28. The minimum Gasteiger partial charge on any atom is -0.496 e. The molecule has 1 aliphatic rings. The highest BCUT2D eigenvalue weighted by molar-refractivity contribution is 5.83. The number of hydrogen-bond donors (Lipinski definition) is 1. The molecule has 0 atom stereocenters. The van der Waals surface area contributed by atoms with E-state index in [0.717, 1.165) is 25.7 Å². The van der Waals surface area contributed by atoms with Gasteiger partial charge in [-0.25, -0.2) is 4.79 Å². The van der Waals surface area contributed by atoms with Gasteiger partial charge in [-0.3, -0.25) is 9.36 Å². The second-order valence-corrected chi connectivity index (χ2v) is 5.28. The van der Waals surface area contributed by atoms with E-state index in [9.17, 15) is 9.59 Å². The molecule has 20 heavy (non-hydrogen) atoms. The molecule has 5 nitrogen and oxygen atoms in total. The Morgan fingerprint density at radius 3 is 2.65 bits per heavy atom. The van der Waals surface area contributed by atoms with E-state index in [4.69, 9.17) is 4.74 Å². The summed E-state index contributed by atoms with van der Waals surface area (Å²) in [7, 11) is 1.53. The Morgan fingerprint density at radius 1 is 1.20 bits per heavy atom. The number of nitrogens with zero attached hydrogens (tertiary/aromatic N) is 1. The fraction of sp³-hybridized carbons (Fsp3) is 0.467. The lowest BCUT2D eigenvalue weighted by Crippen LogP contribution is -2.38. The summed E-state index contributed by atoms with van der Waals surface area (Å²) in [4.78, 5) is 27.7. The molecule has 1 aromatic carbocycles. The summed E-state index contributed by atoms with van der Waals surface area (Å²) >= 11 is 0. The van der Waals surface area contributed by atoms with Gasteiger partial charge in [0.25, 0.3) is 5.56 Å². The first-order chi connectivity index (χ1) is 9.72. The summed E-state index contributed by atoms with van der Waals surface area (Å²) in [6, 6.07) is 5.25. The molecule has 0 saturated heterocycles. The van der Waals surface area contributed by atoms with Crippen LogP contribution in [0.25, 0.3) is 10.9 Å². The minimum atomic E-state index is -0.317. The topological polar surface area (TPSA) is 64.1 Å². The number of benzene rings is 1. The van der Waals surface area contributed by atoms with Crippen LogP contribution in [0.2, 0.25) is 0 Å². The lowest BCUT2D eigenvalue weighted by molar-refractivity contribution is 0.337. The predicted molar refractivity (Wildman–Crippen MR) is 77.5 cm³/mol. The van der Waals surface area contributed by atoms with Crippen LogP contribution in [0.4, 0.5) is 0 Å². The number of rotatable bonds is 2. The Bertz CT molecular complexity index is 739. The Kier molecular flexibility index (Phi) is 3.34. The van der Waals surface area contributed by atoms with Gasteiger partial charge < -0.3 is 9.72 Å². The fourth-order valence-electron chi connectivity index (χ4n) is 3.08. The SMILES string of the molecule is COc1cccc2[nH]c(=O)n(C3CCCCC3)c(=O)c12. The zero-order valence-electron chi connectivity index (χ0n) is 11.5. The van der Waals surface area contributed by atoms with Crippen molar-refractivity contribution >= 4 is 10.9 Å². The van der Waals surface area contributed by atoms with Crippen molar-refractivity contribution in [2.24, 2.45) is 0 Å². The molecule has 0 unspecified atom stereocenters. The zero-order chi connectivity index (χ0) is 14.1. The summed E-state index contributed by atoms with van der Waals surface area (Å²) in [6.07, 6.45) is 5.11. The average molecular weight is 274 g/mol. The number of fused-ring (bicyclic) bond motifs is 1. The molecule has 1 saturated carbocycles. The van der Waals surface area contributed by atoms with Crippen molar-refractivity contribution in [3.63, 3.8) is 0 Å². The van der Waals surface area contributed by atoms with E-state index < -0.39 is 0 Å². The first-order valence-corrected chi connectivity index (χ1v) is 7.04. The van der Waals surface area contributed by atoms with Crippen LogP contribution >= 0.6 is 0 Å². The van der Waals surface area contributed by atoms with Crippen molar-refractivity contribution in [1.82, 2.24) is 9.55 Å². The van der Waals surface area contributed by atoms with Gasteiger partial charge in [-0.1, -0.05) is 25.3 Å². The molecule has 0 spiro atoms. The molecule has 1 N–H and O–H groups in total. The highest BCUT2D eigenvalue weighted by Crippen LogP contribution is 2.27. The molecule has 2 aromatic rings. The predicted octanol–water partition coefficient (Wildman–Crippen LogP) is 2.20. The number of hydrogen-bond acceptors (Lipinski definition) is 3. The summed E-state index contributed by atoms with van der Waals surface area (Å²) in [5.41, 5.74) is -0.0258. The summed E-state index contributed by atoms with van der Waals surface area (Å²) in [5.74, 6) is 0.508. The van der Waals surface area contributed by atoms with Gasteiger partial charge in [0.1, 0.15) is 11.1 Å². The first-order valence-electron chi connectivity index (χ1n) is 7.04. The van der Waals surface area contributed by atoms with E-state index in [2.05, 4.69) is 4.98 Å². The summed E-state index contributed by atoms with van der Waals surface area (Å²) < 4.78 is 6.63. The molecule has 5 heteroatoms. The fourth-order valence-corrected chi connectivity index (χ4v) is 3.08. The summed E-state index contributed by atoms with van der Waals surface area (Å²) in [6.45, 7) is 0. The number of methoxy groups -OCH3 is 1. The minimum absolute atomic E-state index is 0.00862. The number of aromatic nitrogens is 2. The Morgan fingerprint density at radius 2 is 1.95 bits per heavy atom. The average Bonchev–Trinajstić information content (AvgIpc) is 2.47. The normalized spacial score (nSPS) is 16.4. The van der Waals surface area contributed by atoms with Gasteiger partial charge in [0, 0.05) is 6.04 Å². The highest BCUT2D eigenvalue weighted by atomic mass is 16.5. The van der Waals surface area contributed by atoms with Crippen molar-refractivity contribution in [3.8, 4) is 5.75 Å². The molecular formula is C15H18N2O3. The number of ether oxygens (including phenoxy) is 1. The molecule has 3 rings (SSSR count). The molecule has 1 heterocycles. The van der Waals surface area contributed by atoms with Gasteiger partial charge in [0.15, 0.2) is 0 Å². The van der Waals surface area contributed by atoms with Crippen LogP contribution in [0.1, 0.15) is 38.1 Å². The third-order valence-corrected chi connectivity index (χ3v) is 4.08. The van der Waals surface area contributed by atoms with E-state index >= 15 is 0 Å². The molecule has 0 aliphatic heterocycles. The molecule has 1 aromatic heterocycles. The third kappa shape index (κ3) is 2.03. The van der Waals surface area contributed by atoms with E-state index in [-0.39, 0.29) is 17.3 Å². The van der Waals surface area contributed by atoms with Gasteiger partial charge in [0.2, 0.25) is 0 Å². The van der Waals surface area contributed by atoms with E-state index in [1.165, 1.54) is 18.1 Å². The zero-order valence-corrected chi connectivity index (χ0v) is 11.5. The molecule has 1 fully saturated rings. The molecule has 0 bridgehead atoms. The largest absolute Gasteiger partial charge is 0.496 e. The maximum atomic E-state index is 12.7. The maximum Gasteiger partial charge on any atom is 0.329 e. The van der Waals surface area contributed by atoms with Gasteiger partial charge in [0.05, 0.1) is 12.6 Å². The maximum absolute atomic E-state index is 12.7. The number of H-pyrrole nitrogens is 1. The first kappa shape index (κ1) is 13.0. The van der Waals surface area contributed by atoms with Crippen LogP contribution in [0.5, 0.6) is 5.75 Å². The molecule has 0 amide bonds. The van der Waals surface area contributed by atoms with Gasteiger partial charge >= 0.3 is 5.69 Å². The second kappa shape index (κ2) is 5.15. The van der Waals surface area contributed by atoms with Crippen LogP contribution < -0.4 is 16.0 Å². The van der Waals surface area contributed by atoms with Crippen LogP contribution in [0.15, 0.2) is 27.8 Å². The monoisotopic (exact) mass is 274 g/mol. The number of aromatic amines is 1. The lowest BCUT2D eigenvalue weighted by atomic mass is 9.95. The van der Waals surface area contributed by atoms with Gasteiger partial charge in [-0.2, -0.15) is 0 Å². The van der Waals surface area contributed by atoms with Crippen LogP contribution in [-0.4, -0.2) is 16.7 Å². The molecular weight excluding hydrogens is 256 g/mol. The van der Waals surface area contributed by atoms with E-state index in [1.807, 2.05) is 0 Å². The van der Waals surface area contributed by atoms with Gasteiger partial charge in [-0.05, 0) is 25.0 Å². The number of nitrogens with one attached hydrogen (secondary N) is 1. The van der Waals surface area contributed by atoms with Crippen molar-refractivity contribution in [3.05, 3.63) is 39.0 Å². The lowest BCUT2D eigenvalue weighted by Gasteiger charge is -2.23. The Hall–Kier alpha value is -2.04. The van der Waals surface area contributed by atoms with E-state index in [0.29, 0.717) is 16.7 Å². The third-order valence-electron chi connectivity index (χ3n) is 4.08.